The van der Waals surface area contributed by atoms with E-state index >= 15 is 0 Å². The van der Waals surface area contributed by atoms with Gasteiger partial charge in [-0.2, -0.15) is 0 Å². The second-order valence-electron chi connectivity index (χ2n) is 3.26. The first kappa shape index (κ1) is 8.14. The summed E-state index contributed by atoms with van der Waals surface area (Å²) in [6.45, 7) is 0.437. The monoisotopic (exact) mass is 185 g/mol. The van der Waals surface area contributed by atoms with Crippen molar-refractivity contribution < 1.29 is 4.42 Å². The van der Waals surface area contributed by atoms with Gasteiger partial charge in [0.15, 0.2) is 0 Å². The molecule has 2 rings (SSSR count). The van der Waals surface area contributed by atoms with Crippen molar-refractivity contribution in [2.45, 2.75) is 31.7 Å². The summed E-state index contributed by atoms with van der Waals surface area (Å²) in [5.41, 5.74) is 5.44. The summed E-state index contributed by atoms with van der Waals surface area (Å²) < 4.78 is 5.51. The summed E-state index contributed by atoms with van der Waals surface area (Å²) in [6.07, 6.45) is 3.70. The zero-order valence-electron chi connectivity index (χ0n) is 6.85. The molecular weight excluding hydrogens is 174 g/mol. The van der Waals surface area contributed by atoms with Gasteiger partial charge in [-0.15, -0.1) is 0 Å². The summed E-state index contributed by atoms with van der Waals surface area (Å²) >= 11 is 5.98. The SMILES string of the molecule is NCc1cc(Cl)c(C2CCC2)o1. The molecule has 0 amide bonds. The van der Waals surface area contributed by atoms with Crippen LogP contribution >= 0.6 is 11.6 Å². The third-order valence-corrected chi connectivity index (χ3v) is 2.74. The van der Waals surface area contributed by atoms with Crippen molar-refractivity contribution in [3.05, 3.63) is 22.6 Å². The van der Waals surface area contributed by atoms with Crippen molar-refractivity contribution in [3.8, 4) is 0 Å². The molecule has 0 unspecified atom stereocenters. The molecule has 0 spiro atoms. The fourth-order valence-electron chi connectivity index (χ4n) is 1.48. The van der Waals surface area contributed by atoms with Gasteiger partial charge >= 0.3 is 0 Å². The highest BCUT2D eigenvalue weighted by Crippen LogP contribution is 2.40. The van der Waals surface area contributed by atoms with E-state index in [2.05, 4.69) is 0 Å². The predicted molar refractivity (Wildman–Crippen MR) is 48.2 cm³/mol. The molecule has 1 saturated carbocycles. The first-order chi connectivity index (χ1) is 5.81. The Balaban J connectivity index is 2.23. The van der Waals surface area contributed by atoms with Gasteiger partial charge in [0.2, 0.25) is 0 Å². The minimum atomic E-state index is 0.437. The van der Waals surface area contributed by atoms with Crippen molar-refractivity contribution in [1.29, 1.82) is 0 Å². The standard InChI is InChI=1S/C9H12ClNO/c10-8-4-7(5-11)12-9(8)6-2-1-3-6/h4,6H,1-3,5,11H2. The summed E-state index contributed by atoms with van der Waals surface area (Å²) in [5.74, 6) is 2.29. The fraction of sp³-hybridized carbons (Fsp3) is 0.556. The Morgan fingerprint density at radius 1 is 1.58 bits per heavy atom. The van der Waals surface area contributed by atoms with Crippen LogP contribution in [0.15, 0.2) is 10.5 Å². The number of furan rings is 1. The van der Waals surface area contributed by atoms with E-state index in [9.17, 15) is 0 Å². The molecule has 0 aliphatic heterocycles. The van der Waals surface area contributed by atoms with Crippen LogP contribution in [0.2, 0.25) is 5.02 Å². The second-order valence-corrected chi connectivity index (χ2v) is 3.66. The Morgan fingerprint density at radius 3 is 2.75 bits per heavy atom. The minimum Gasteiger partial charge on any atom is -0.463 e. The molecule has 0 bridgehead atoms. The maximum atomic E-state index is 5.98. The lowest BCUT2D eigenvalue weighted by Crippen LogP contribution is -2.07. The molecule has 2 N–H and O–H groups in total. The molecule has 1 fully saturated rings. The molecule has 1 aliphatic rings. The Bertz CT molecular complexity index is 278. The van der Waals surface area contributed by atoms with Crippen LogP contribution in [0.5, 0.6) is 0 Å². The molecule has 12 heavy (non-hydrogen) atoms. The number of nitrogens with two attached hydrogens (primary N) is 1. The van der Waals surface area contributed by atoms with E-state index in [4.69, 9.17) is 21.8 Å². The maximum Gasteiger partial charge on any atom is 0.125 e. The Kier molecular flexibility index (Phi) is 2.11. The van der Waals surface area contributed by atoms with E-state index < -0.39 is 0 Å². The van der Waals surface area contributed by atoms with Crippen LogP contribution in [0.3, 0.4) is 0 Å². The highest BCUT2D eigenvalue weighted by atomic mass is 35.5. The van der Waals surface area contributed by atoms with Gasteiger partial charge in [0, 0.05) is 5.92 Å². The van der Waals surface area contributed by atoms with E-state index in [1.165, 1.54) is 19.3 Å². The first-order valence-corrected chi connectivity index (χ1v) is 4.67. The zero-order valence-corrected chi connectivity index (χ0v) is 7.60. The molecule has 66 valence electrons. The Labute approximate surface area is 76.7 Å². The summed E-state index contributed by atoms with van der Waals surface area (Å²) in [7, 11) is 0. The predicted octanol–water partition coefficient (Wildman–Crippen LogP) is 2.66. The maximum absolute atomic E-state index is 5.98. The van der Waals surface area contributed by atoms with Gasteiger partial charge in [0.25, 0.3) is 0 Å². The Hall–Kier alpha value is -0.470. The molecule has 0 aromatic carbocycles. The lowest BCUT2D eigenvalue weighted by Gasteiger charge is -2.23. The van der Waals surface area contributed by atoms with Crippen LogP contribution < -0.4 is 5.73 Å². The largest absolute Gasteiger partial charge is 0.463 e. The normalized spacial score (nSPS) is 17.8. The molecule has 1 heterocycles. The average molecular weight is 186 g/mol. The van der Waals surface area contributed by atoms with Crippen molar-refractivity contribution >= 4 is 11.6 Å². The molecule has 2 nitrogen and oxygen atoms in total. The van der Waals surface area contributed by atoms with Crippen molar-refractivity contribution in [3.63, 3.8) is 0 Å². The average Bonchev–Trinajstić information content (AvgIpc) is 2.29. The van der Waals surface area contributed by atoms with Crippen LogP contribution in [0.4, 0.5) is 0 Å². The van der Waals surface area contributed by atoms with Crippen LogP contribution in [-0.4, -0.2) is 0 Å². The molecule has 0 radical (unpaired) electrons. The highest BCUT2D eigenvalue weighted by Gasteiger charge is 2.25. The quantitative estimate of drug-likeness (QED) is 0.770. The third kappa shape index (κ3) is 1.25. The third-order valence-electron chi connectivity index (χ3n) is 2.44. The van der Waals surface area contributed by atoms with E-state index in [1.807, 2.05) is 6.07 Å². The van der Waals surface area contributed by atoms with Crippen LogP contribution in [0, 0.1) is 0 Å². The van der Waals surface area contributed by atoms with Crippen molar-refractivity contribution in [2.24, 2.45) is 5.73 Å². The van der Waals surface area contributed by atoms with Crippen molar-refractivity contribution in [2.75, 3.05) is 0 Å². The minimum absolute atomic E-state index is 0.437. The van der Waals surface area contributed by atoms with E-state index in [-0.39, 0.29) is 0 Å². The Morgan fingerprint density at radius 2 is 2.33 bits per heavy atom. The summed E-state index contributed by atoms with van der Waals surface area (Å²) in [4.78, 5) is 0. The lowest BCUT2D eigenvalue weighted by atomic mass is 9.84. The fourth-order valence-corrected chi connectivity index (χ4v) is 1.80. The summed E-state index contributed by atoms with van der Waals surface area (Å²) in [5, 5.41) is 0.750. The van der Waals surface area contributed by atoms with Gasteiger partial charge in [-0.1, -0.05) is 18.0 Å². The van der Waals surface area contributed by atoms with Gasteiger partial charge in [0.1, 0.15) is 11.5 Å². The second kappa shape index (κ2) is 3.11. The topological polar surface area (TPSA) is 39.2 Å². The molecule has 3 heteroatoms. The van der Waals surface area contributed by atoms with E-state index in [1.54, 1.807) is 0 Å². The molecule has 0 atom stereocenters. The van der Waals surface area contributed by atoms with Crippen molar-refractivity contribution in [1.82, 2.24) is 0 Å². The number of hydrogen-bond acceptors (Lipinski definition) is 2. The molecule has 1 aliphatic carbocycles. The summed E-state index contributed by atoms with van der Waals surface area (Å²) in [6, 6.07) is 1.83. The van der Waals surface area contributed by atoms with Crippen LogP contribution in [0.1, 0.15) is 36.7 Å². The molecule has 1 aromatic heterocycles. The van der Waals surface area contributed by atoms with Gasteiger partial charge in [-0.3, -0.25) is 0 Å². The molecule has 0 saturated heterocycles. The van der Waals surface area contributed by atoms with Gasteiger partial charge in [-0.25, -0.2) is 0 Å². The number of rotatable bonds is 2. The van der Waals surface area contributed by atoms with Crippen LogP contribution in [-0.2, 0) is 6.54 Å². The molecular formula is C9H12ClNO. The van der Waals surface area contributed by atoms with E-state index in [0.29, 0.717) is 12.5 Å². The lowest BCUT2D eigenvalue weighted by molar-refractivity contribution is 0.336. The van der Waals surface area contributed by atoms with E-state index in [0.717, 1.165) is 16.5 Å². The molecule has 1 aromatic rings. The zero-order chi connectivity index (χ0) is 8.55. The number of hydrogen-bond donors (Lipinski definition) is 1. The van der Waals surface area contributed by atoms with Gasteiger partial charge in [-0.05, 0) is 18.9 Å². The highest BCUT2D eigenvalue weighted by molar-refractivity contribution is 6.31. The smallest absolute Gasteiger partial charge is 0.125 e. The number of halogens is 1. The van der Waals surface area contributed by atoms with Gasteiger partial charge < -0.3 is 10.2 Å². The van der Waals surface area contributed by atoms with Crippen LogP contribution in [0.25, 0.3) is 0 Å². The first-order valence-electron chi connectivity index (χ1n) is 4.29. The van der Waals surface area contributed by atoms with Gasteiger partial charge in [0.05, 0.1) is 11.6 Å².